The summed E-state index contributed by atoms with van der Waals surface area (Å²) in [4.78, 5) is 29.9. The fourth-order valence-corrected chi connectivity index (χ4v) is 6.87. The van der Waals surface area contributed by atoms with Crippen LogP contribution in [0.25, 0.3) is 0 Å². The number of rotatable bonds is 15. The quantitative estimate of drug-likeness (QED) is 0.142. The number of carbonyl (C=O) groups is 2. The SMILES string of the molecule is CCCCNC(=O)[C@H](Cc1ccccc1)N(Cc1cccc(Br)c1)C(=O)CN(c1ccc(C)cc1)S(=O)(=O)c1ccc(OC)cc1. The number of halogens is 1. The predicted octanol–water partition coefficient (Wildman–Crippen LogP) is 6.52. The highest BCUT2D eigenvalue weighted by atomic mass is 79.9. The molecule has 0 aromatic heterocycles. The first kappa shape index (κ1) is 34.7. The van der Waals surface area contributed by atoms with Crippen LogP contribution in [-0.4, -0.2) is 51.4 Å². The van der Waals surface area contributed by atoms with Gasteiger partial charge in [0.2, 0.25) is 11.8 Å². The van der Waals surface area contributed by atoms with Gasteiger partial charge in [-0.1, -0.05) is 89.4 Å². The Kier molecular flexibility index (Phi) is 12.4. The van der Waals surface area contributed by atoms with E-state index in [0.717, 1.165) is 38.3 Å². The Bertz CT molecular complexity index is 1700. The average Bonchev–Trinajstić information content (AvgIpc) is 3.06. The van der Waals surface area contributed by atoms with Gasteiger partial charge in [-0.2, -0.15) is 0 Å². The maximum absolute atomic E-state index is 14.5. The lowest BCUT2D eigenvalue weighted by molar-refractivity contribution is -0.140. The van der Waals surface area contributed by atoms with Crippen molar-refractivity contribution in [1.29, 1.82) is 0 Å². The number of anilines is 1. The highest BCUT2D eigenvalue weighted by Crippen LogP contribution is 2.27. The summed E-state index contributed by atoms with van der Waals surface area (Å²) in [5.74, 6) is -0.292. The van der Waals surface area contributed by atoms with E-state index in [1.807, 2.05) is 68.4 Å². The van der Waals surface area contributed by atoms with Crippen molar-refractivity contribution in [3.63, 3.8) is 0 Å². The summed E-state index contributed by atoms with van der Waals surface area (Å²) in [6, 6.07) is 29.2. The monoisotopic (exact) mass is 705 g/mol. The number of amides is 2. The van der Waals surface area contributed by atoms with Gasteiger partial charge in [0.15, 0.2) is 0 Å². The first-order chi connectivity index (χ1) is 22.1. The van der Waals surface area contributed by atoms with Gasteiger partial charge in [-0.3, -0.25) is 13.9 Å². The van der Waals surface area contributed by atoms with Crippen molar-refractivity contribution in [1.82, 2.24) is 10.2 Å². The van der Waals surface area contributed by atoms with E-state index in [9.17, 15) is 18.0 Å². The normalized spacial score (nSPS) is 11.8. The Hall–Kier alpha value is -4.15. The number of unbranched alkanes of at least 4 members (excludes halogenated alkanes) is 1. The summed E-state index contributed by atoms with van der Waals surface area (Å²) >= 11 is 3.51. The number of sulfonamides is 1. The summed E-state index contributed by atoms with van der Waals surface area (Å²) in [7, 11) is -2.70. The molecule has 4 rings (SSSR count). The summed E-state index contributed by atoms with van der Waals surface area (Å²) in [5.41, 5.74) is 2.96. The fraction of sp³-hybridized carbons (Fsp3) is 0.278. The summed E-state index contributed by atoms with van der Waals surface area (Å²) in [5, 5.41) is 3.01. The van der Waals surface area contributed by atoms with Crippen LogP contribution in [0.5, 0.6) is 5.75 Å². The van der Waals surface area contributed by atoms with Crippen LogP contribution in [0.4, 0.5) is 5.69 Å². The molecule has 2 amide bonds. The van der Waals surface area contributed by atoms with E-state index < -0.39 is 28.5 Å². The molecular weight excluding hydrogens is 666 g/mol. The molecule has 0 saturated carbocycles. The van der Waals surface area contributed by atoms with Crippen molar-refractivity contribution in [2.45, 2.75) is 50.6 Å². The van der Waals surface area contributed by atoms with Crippen LogP contribution in [0.15, 0.2) is 112 Å². The van der Waals surface area contributed by atoms with Crippen LogP contribution >= 0.6 is 15.9 Å². The number of ether oxygens (including phenoxy) is 1. The van der Waals surface area contributed by atoms with Crippen molar-refractivity contribution < 1.29 is 22.7 Å². The Morgan fingerprint density at radius 3 is 2.20 bits per heavy atom. The van der Waals surface area contributed by atoms with Gasteiger partial charge in [-0.25, -0.2) is 8.42 Å². The smallest absolute Gasteiger partial charge is 0.264 e. The molecule has 46 heavy (non-hydrogen) atoms. The molecule has 0 saturated heterocycles. The number of aryl methyl sites for hydroxylation is 1. The van der Waals surface area contributed by atoms with E-state index in [1.165, 1.54) is 24.1 Å². The van der Waals surface area contributed by atoms with Gasteiger partial charge < -0.3 is 15.0 Å². The summed E-state index contributed by atoms with van der Waals surface area (Å²) < 4.78 is 35.5. The minimum absolute atomic E-state index is 0.0124. The number of hydrogen-bond donors (Lipinski definition) is 1. The van der Waals surface area contributed by atoms with Crippen molar-refractivity contribution in [2.75, 3.05) is 24.5 Å². The van der Waals surface area contributed by atoms with Gasteiger partial charge in [-0.15, -0.1) is 0 Å². The van der Waals surface area contributed by atoms with Crippen molar-refractivity contribution >= 4 is 43.5 Å². The standard InChI is InChI=1S/C36H40BrN3O5S/c1-4-5-22-38-36(42)34(24-28-10-7-6-8-11-28)39(25-29-12-9-13-30(37)23-29)35(41)26-40(31-16-14-27(2)15-17-31)46(43,44)33-20-18-32(45-3)19-21-33/h6-21,23,34H,4-5,22,24-26H2,1-3H3,(H,38,42)/t34-/m0/s1. The maximum atomic E-state index is 14.5. The predicted molar refractivity (Wildman–Crippen MR) is 185 cm³/mol. The molecule has 0 aliphatic rings. The van der Waals surface area contributed by atoms with Crippen LogP contribution in [-0.2, 0) is 32.6 Å². The first-order valence-corrected chi connectivity index (χ1v) is 17.4. The zero-order valence-electron chi connectivity index (χ0n) is 26.4. The first-order valence-electron chi connectivity index (χ1n) is 15.2. The van der Waals surface area contributed by atoms with Crippen LogP contribution in [0.1, 0.15) is 36.5 Å². The summed E-state index contributed by atoms with van der Waals surface area (Å²) in [6.45, 7) is 4.00. The van der Waals surface area contributed by atoms with Gasteiger partial charge in [0, 0.05) is 24.0 Å². The third kappa shape index (κ3) is 9.20. The van der Waals surface area contributed by atoms with Crippen molar-refractivity contribution in [2.24, 2.45) is 0 Å². The zero-order chi connectivity index (χ0) is 33.1. The van der Waals surface area contributed by atoms with Gasteiger partial charge >= 0.3 is 0 Å². The number of carbonyl (C=O) groups excluding carboxylic acids is 2. The molecule has 10 heteroatoms. The maximum Gasteiger partial charge on any atom is 0.264 e. The average molecular weight is 707 g/mol. The van der Waals surface area contributed by atoms with Gasteiger partial charge in [0.05, 0.1) is 17.7 Å². The van der Waals surface area contributed by atoms with Gasteiger partial charge in [0.1, 0.15) is 18.3 Å². The molecule has 0 unspecified atom stereocenters. The van der Waals surface area contributed by atoms with Gasteiger partial charge in [-0.05, 0) is 73.0 Å². The molecule has 1 N–H and O–H groups in total. The van der Waals surface area contributed by atoms with Crippen LogP contribution in [0.2, 0.25) is 0 Å². The molecule has 0 aliphatic carbocycles. The molecule has 4 aromatic rings. The highest BCUT2D eigenvalue weighted by Gasteiger charge is 2.34. The van der Waals surface area contributed by atoms with Crippen LogP contribution < -0.4 is 14.4 Å². The molecule has 4 aromatic carbocycles. The largest absolute Gasteiger partial charge is 0.497 e. The number of hydrogen-bond acceptors (Lipinski definition) is 5. The van der Waals surface area contributed by atoms with E-state index in [2.05, 4.69) is 21.2 Å². The van der Waals surface area contributed by atoms with E-state index in [0.29, 0.717) is 18.0 Å². The lowest BCUT2D eigenvalue weighted by atomic mass is 10.0. The summed E-state index contributed by atoms with van der Waals surface area (Å²) in [6.07, 6.45) is 1.96. The number of methoxy groups -OCH3 is 1. The molecule has 0 aliphatic heterocycles. The third-order valence-electron chi connectivity index (χ3n) is 7.59. The minimum Gasteiger partial charge on any atom is -0.497 e. The molecule has 0 radical (unpaired) electrons. The van der Waals surface area contributed by atoms with E-state index >= 15 is 0 Å². The molecule has 1 atom stereocenters. The molecule has 0 fully saturated rings. The molecular formula is C36H40BrN3O5S. The van der Waals surface area contributed by atoms with Crippen LogP contribution in [0.3, 0.4) is 0 Å². The van der Waals surface area contributed by atoms with Crippen molar-refractivity contribution in [3.8, 4) is 5.75 Å². The Morgan fingerprint density at radius 1 is 0.891 bits per heavy atom. The number of nitrogens with one attached hydrogen (secondary N) is 1. The second-order valence-electron chi connectivity index (χ2n) is 11.0. The number of nitrogens with zero attached hydrogens (tertiary/aromatic N) is 2. The van der Waals surface area contributed by atoms with E-state index in [-0.39, 0.29) is 23.8 Å². The van der Waals surface area contributed by atoms with E-state index in [1.54, 1.807) is 36.4 Å². The molecule has 0 heterocycles. The topological polar surface area (TPSA) is 96.0 Å². The Balaban J connectivity index is 1.78. The molecule has 0 spiro atoms. The lowest BCUT2D eigenvalue weighted by Gasteiger charge is -2.34. The molecule has 242 valence electrons. The van der Waals surface area contributed by atoms with Crippen molar-refractivity contribution in [3.05, 3.63) is 124 Å². The third-order valence-corrected chi connectivity index (χ3v) is 9.87. The Morgan fingerprint density at radius 2 is 1.57 bits per heavy atom. The van der Waals surface area contributed by atoms with Gasteiger partial charge in [0.25, 0.3) is 10.0 Å². The second-order valence-corrected chi connectivity index (χ2v) is 13.8. The zero-order valence-corrected chi connectivity index (χ0v) is 28.8. The van der Waals surface area contributed by atoms with Crippen LogP contribution in [0, 0.1) is 6.92 Å². The Labute approximate surface area is 280 Å². The fourth-order valence-electron chi connectivity index (χ4n) is 5.01. The highest BCUT2D eigenvalue weighted by molar-refractivity contribution is 9.10. The molecule has 0 bridgehead atoms. The minimum atomic E-state index is -4.20. The lowest BCUT2D eigenvalue weighted by Crippen LogP contribution is -2.53. The van der Waals surface area contributed by atoms with E-state index in [4.69, 9.17) is 4.74 Å². The molecule has 8 nitrogen and oxygen atoms in total. The number of benzene rings is 4. The second kappa shape index (κ2) is 16.4.